The summed E-state index contributed by atoms with van der Waals surface area (Å²) in [6.45, 7) is 0.396. The van der Waals surface area contributed by atoms with Gasteiger partial charge in [-0.1, -0.05) is 0 Å². The average Bonchev–Trinajstić information content (AvgIpc) is 3.50. The number of hydrogen-bond acceptors (Lipinski definition) is 7. The topological polar surface area (TPSA) is 133 Å². The lowest BCUT2D eigenvalue weighted by molar-refractivity contribution is 0.0951. The predicted octanol–water partition coefficient (Wildman–Crippen LogP) is 1.93. The maximum atomic E-state index is 12.5. The Bertz CT molecular complexity index is 1360. The first-order valence-electron chi connectivity index (χ1n) is 10.3. The standard InChI is InChI=1S/C23H22N6O5/c1-28-14-17(23(27-28)33-2)22(32)25-16-7-5-15(6-8-16)21(31)24-11-12-29-20(30)10-9-18(26-29)19-4-3-13-34-19/h3-10,13-14H,11-12H2,1-2H3,(H,24,31)(H,25,32). The molecule has 34 heavy (non-hydrogen) atoms. The van der Waals surface area contributed by atoms with Crippen molar-refractivity contribution >= 4 is 17.5 Å². The monoisotopic (exact) mass is 462 g/mol. The zero-order valence-electron chi connectivity index (χ0n) is 18.5. The Balaban J connectivity index is 1.33. The van der Waals surface area contributed by atoms with Gasteiger partial charge < -0.3 is 19.8 Å². The number of carbonyl (C=O) groups is 2. The lowest BCUT2D eigenvalue weighted by Gasteiger charge is -2.09. The highest BCUT2D eigenvalue weighted by molar-refractivity contribution is 6.06. The summed E-state index contributed by atoms with van der Waals surface area (Å²) in [5.74, 6) is 0.0742. The van der Waals surface area contributed by atoms with Gasteiger partial charge in [0.25, 0.3) is 17.4 Å². The first-order chi connectivity index (χ1) is 16.4. The van der Waals surface area contributed by atoms with Crippen LogP contribution in [0.2, 0.25) is 0 Å². The lowest BCUT2D eigenvalue weighted by Crippen LogP contribution is -2.31. The molecule has 2 N–H and O–H groups in total. The molecule has 0 radical (unpaired) electrons. The van der Waals surface area contributed by atoms with Crippen LogP contribution in [0.4, 0.5) is 5.69 Å². The summed E-state index contributed by atoms with van der Waals surface area (Å²) in [5.41, 5.74) is 1.46. The second-order valence-electron chi connectivity index (χ2n) is 7.27. The van der Waals surface area contributed by atoms with Gasteiger partial charge in [0.1, 0.15) is 11.3 Å². The summed E-state index contributed by atoms with van der Waals surface area (Å²) in [6.07, 6.45) is 3.08. The molecule has 0 atom stereocenters. The average molecular weight is 462 g/mol. The number of amides is 2. The fraction of sp³-hybridized carbons (Fsp3) is 0.174. The van der Waals surface area contributed by atoms with Crippen LogP contribution in [0, 0.1) is 0 Å². The van der Waals surface area contributed by atoms with Crippen molar-refractivity contribution in [2.45, 2.75) is 6.54 Å². The van der Waals surface area contributed by atoms with Crippen LogP contribution < -0.4 is 20.9 Å². The van der Waals surface area contributed by atoms with Crippen molar-refractivity contribution in [2.24, 2.45) is 7.05 Å². The number of carbonyl (C=O) groups excluding carboxylic acids is 2. The Morgan fingerprint density at radius 1 is 1.06 bits per heavy atom. The molecule has 4 rings (SSSR count). The summed E-state index contributed by atoms with van der Waals surface area (Å²) >= 11 is 0. The second kappa shape index (κ2) is 9.86. The highest BCUT2D eigenvalue weighted by atomic mass is 16.5. The number of nitrogens with one attached hydrogen (secondary N) is 2. The van der Waals surface area contributed by atoms with E-state index in [1.54, 1.807) is 55.7 Å². The Kier molecular flexibility index (Phi) is 6.53. The number of ether oxygens (including phenoxy) is 1. The summed E-state index contributed by atoms with van der Waals surface area (Å²) < 4.78 is 13.2. The Morgan fingerprint density at radius 3 is 2.56 bits per heavy atom. The number of nitrogens with zero attached hydrogens (tertiary/aromatic N) is 4. The minimum Gasteiger partial charge on any atom is -0.479 e. The molecule has 0 aliphatic heterocycles. The van der Waals surface area contributed by atoms with Crippen LogP contribution in [0.15, 0.2) is 70.2 Å². The number of benzene rings is 1. The molecule has 0 bridgehead atoms. The van der Waals surface area contributed by atoms with Crippen molar-refractivity contribution in [2.75, 3.05) is 19.0 Å². The fourth-order valence-electron chi connectivity index (χ4n) is 3.22. The summed E-state index contributed by atoms with van der Waals surface area (Å²) in [4.78, 5) is 37.0. The van der Waals surface area contributed by atoms with E-state index in [2.05, 4.69) is 20.8 Å². The van der Waals surface area contributed by atoms with Gasteiger partial charge >= 0.3 is 0 Å². The van der Waals surface area contributed by atoms with Gasteiger partial charge in [-0.2, -0.15) is 5.10 Å². The van der Waals surface area contributed by atoms with Crippen LogP contribution in [0.5, 0.6) is 5.88 Å². The van der Waals surface area contributed by atoms with E-state index in [-0.39, 0.29) is 36.3 Å². The van der Waals surface area contributed by atoms with Crippen LogP contribution in [-0.2, 0) is 13.6 Å². The number of rotatable bonds is 8. The van der Waals surface area contributed by atoms with Crippen molar-refractivity contribution in [1.82, 2.24) is 24.9 Å². The molecule has 0 unspecified atom stereocenters. The summed E-state index contributed by atoms with van der Waals surface area (Å²) in [7, 11) is 3.13. The van der Waals surface area contributed by atoms with Crippen LogP contribution in [0.25, 0.3) is 11.5 Å². The molecule has 11 heteroatoms. The third kappa shape index (κ3) is 5.04. The Labute approximate surface area is 194 Å². The van der Waals surface area contributed by atoms with Crippen LogP contribution in [-0.4, -0.2) is 45.0 Å². The number of aryl methyl sites for hydroxylation is 1. The van der Waals surface area contributed by atoms with E-state index >= 15 is 0 Å². The molecule has 2 amide bonds. The van der Waals surface area contributed by atoms with E-state index in [1.165, 1.54) is 28.8 Å². The van der Waals surface area contributed by atoms with Gasteiger partial charge in [0.15, 0.2) is 5.76 Å². The molecular weight excluding hydrogens is 440 g/mol. The smallest absolute Gasteiger partial charge is 0.266 e. The van der Waals surface area contributed by atoms with Crippen LogP contribution in [0.1, 0.15) is 20.7 Å². The molecule has 174 valence electrons. The molecule has 0 spiro atoms. The van der Waals surface area contributed by atoms with Gasteiger partial charge in [-0.15, -0.1) is 5.10 Å². The third-order valence-electron chi connectivity index (χ3n) is 4.89. The van der Waals surface area contributed by atoms with E-state index < -0.39 is 0 Å². The molecule has 0 saturated heterocycles. The molecule has 3 heterocycles. The normalized spacial score (nSPS) is 10.6. The number of anilines is 1. The maximum absolute atomic E-state index is 12.5. The third-order valence-corrected chi connectivity index (χ3v) is 4.89. The molecule has 0 aliphatic rings. The highest BCUT2D eigenvalue weighted by Gasteiger charge is 2.16. The van der Waals surface area contributed by atoms with Gasteiger partial charge in [-0.3, -0.25) is 19.1 Å². The second-order valence-corrected chi connectivity index (χ2v) is 7.27. The van der Waals surface area contributed by atoms with Crippen LogP contribution in [0.3, 0.4) is 0 Å². The van der Waals surface area contributed by atoms with Crippen molar-refractivity contribution in [1.29, 1.82) is 0 Å². The van der Waals surface area contributed by atoms with E-state index in [4.69, 9.17) is 9.15 Å². The molecule has 0 aliphatic carbocycles. The lowest BCUT2D eigenvalue weighted by atomic mass is 10.2. The molecule has 4 aromatic rings. The Morgan fingerprint density at radius 2 is 1.85 bits per heavy atom. The van der Waals surface area contributed by atoms with Crippen molar-refractivity contribution in [3.05, 3.63) is 82.5 Å². The first-order valence-corrected chi connectivity index (χ1v) is 10.3. The maximum Gasteiger partial charge on any atom is 0.266 e. The highest BCUT2D eigenvalue weighted by Crippen LogP contribution is 2.18. The van der Waals surface area contributed by atoms with Gasteiger partial charge in [-0.05, 0) is 42.5 Å². The number of furan rings is 1. The van der Waals surface area contributed by atoms with Crippen molar-refractivity contribution < 1.29 is 18.7 Å². The molecular formula is C23H22N6O5. The largest absolute Gasteiger partial charge is 0.479 e. The van der Waals surface area contributed by atoms with E-state index in [9.17, 15) is 14.4 Å². The minimum absolute atomic E-state index is 0.195. The van der Waals surface area contributed by atoms with E-state index in [0.29, 0.717) is 28.3 Å². The first kappa shape index (κ1) is 22.5. The van der Waals surface area contributed by atoms with Gasteiger partial charge in [0.05, 0.1) is 19.9 Å². The molecule has 0 fully saturated rings. The summed E-state index contributed by atoms with van der Waals surface area (Å²) in [6, 6.07) is 12.9. The van der Waals surface area contributed by atoms with E-state index in [1.807, 2.05) is 0 Å². The van der Waals surface area contributed by atoms with Gasteiger partial charge in [0.2, 0.25) is 5.88 Å². The zero-order chi connectivity index (χ0) is 24.1. The van der Waals surface area contributed by atoms with Gasteiger partial charge in [-0.25, -0.2) is 4.68 Å². The number of hydrogen-bond donors (Lipinski definition) is 2. The number of aromatic nitrogens is 4. The molecule has 1 aromatic carbocycles. The molecule has 3 aromatic heterocycles. The van der Waals surface area contributed by atoms with Gasteiger partial charge in [0, 0.05) is 37.1 Å². The van der Waals surface area contributed by atoms with Crippen molar-refractivity contribution in [3.63, 3.8) is 0 Å². The fourth-order valence-corrected chi connectivity index (χ4v) is 3.22. The van der Waals surface area contributed by atoms with E-state index in [0.717, 1.165) is 0 Å². The minimum atomic E-state index is -0.378. The van der Waals surface area contributed by atoms with Crippen LogP contribution >= 0.6 is 0 Å². The molecule has 0 saturated carbocycles. The molecule has 11 nitrogen and oxygen atoms in total. The van der Waals surface area contributed by atoms with Crippen molar-refractivity contribution in [3.8, 4) is 17.3 Å². The Hall–Kier alpha value is -4.67. The number of methoxy groups -OCH3 is 1. The predicted molar refractivity (Wildman–Crippen MR) is 123 cm³/mol. The quantitative estimate of drug-likeness (QED) is 0.409. The SMILES string of the molecule is COc1nn(C)cc1C(=O)Nc1ccc(C(=O)NCCn2nc(-c3ccco3)ccc2=O)cc1. The zero-order valence-corrected chi connectivity index (χ0v) is 18.5. The summed E-state index contributed by atoms with van der Waals surface area (Å²) in [5, 5.41) is 13.8.